The molecule has 0 radical (unpaired) electrons. The normalized spacial score (nSPS) is 13.5. The average molecular weight is 435 g/mol. The van der Waals surface area contributed by atoms with Gasteiger partial charge in [-0.2, -0.15) is 4.98 Å². The SMILES string of the molecule is COCCNc1nc(Nc2cccc(NC(=O)N3CCCC3)c2)ncc1Br. The van der Waals surface area contributed by atoms with Gasteiger partial charge < -0.3 is 25.6 Å². The maximum Gasteiger partial charge on any atom is 0.321 e. The van der Waals surface area contributed by atoms with Gasteiger partial charge in [0.15, 0.2) is 0 Å². The summed E-state index contributed by atoms with van der Waals surface area (Å²) in [6.45, 7) is 2.85. The van der Waals surface area contributed by atoms with Gasteiger partial charge in [-0.1, -0.05) is 6.07 Å². The lowest BCUT2D eigenvalue weighted by Crippen LogP contribution is -2.32. The maximum absolute atomic E-state index is 12.2. The lowest BCUT2D eigenvalue weighted by Gasteiger charge is -2.16. The van der Waals surface area contributed by atoms with Crippen molar-refractivity contribution in [3.05, 3.63) is 34.9 Å². The summed E-state index contributed by atoms with van der Waals surface area (Å²) in [5.74, 6) is 1.14. The zero-order valence-electron chi connectivity index (χ0n) is 15.2. The summed E-state index contributed by atoms with van der Waals surface area (Å²) in [5, 5.41) is 9.29. The summed E-state index contributed by atoms with van der Waals surface area (Å²) in [7, 11) is 1.65. The van der Waals surface area contributed by atoms with Crippen molar-refractivity contribution < 1.29 is 9.53 Å². The van der Waals surface area contributed by atoms with E-state index in [4.69, 9.17) is 4.74 Å². The Balaban J connectivity index is 1.65. The molecule has 1 fully saturated rings. The molecule has 0 aliphatic carbocycles. The van der Waals surface area contributed by atoms with Crippen molar-refractivity contribution >= 4 is 45.1 Å². The minimum absolute atomic E-state index is 0.0610. The monoisotopic (exact) mass is 434 g/mol. The first-order chi connectivity index (χ1) is 13.2. The summed E-state index contributed by atoms with van der Waals surface area (Å²) in [5.41, 5.74) is 1.52. The summed E-state index contributed by atoms with van der Waals surface area (Å²) in [6, 6.07) is 7.43. The Hall–Kier alpha value is -2.39. The van der Waals surface area contributed by atoms with Crippen molar-refractivity contribution in [1.82, 2.24) is 14.9 Å². The van der Waals surface area contributed by atoms with Crippen molar-refractivity contribution in [1.29, 1.82) is 0 Å². The highest BCUT2D eigenvalue weighted by atomic mass is 79.9. The molecule has 2 heterocycles. The van der Waals surface area contributed by atoms with Crippen LogP contribution in [0.3, 0.4) is 0 Å². The zero-order chi connectivity index (χ0) is 19.1. The van der Waals surface area contributed by atoms with Crippen molar-refractivity contribution in [2.75, 3.05) is 49.3 Å². The molecule has 8 nitrogen and oxygen atoms in total. The van der Waals surface area contributed by atoms with Crippen LogP contribution in [0, 0.1) is 0 Å². The number of likely N-dealkylation sites (tertiary alicyclic amines) is 1. The molecule has 0 bridgehead atoms. The summed E-state index contributed by atoms with van der Waals surface area (Å²) in [4.78, 5) is 22.8. The lowest BCUT2D eigenvalue weighted by atomic mass is 10.3. The molecule has 144 valence electrons. The van der Waals surface area contributed by atoms with Gasteiger partial charge in [-0.25, -0.2) is 9.78 Å². The number of halogens is 1. The first-order valence-electron chi connectivity index (χ1n) is 8.84. The molecule has 27 heavy (non-hydrogen) atoms. The number of benzene rings is 1. The highest BCUT2D eigenvalue weighted by Crippen LogP contribution is 2.23. The van der Waals surface area contributed by atoms with Gasteiger partial charge in [0.25, 0.3) is 0 Å². The standard InChI is InChI=1S/C18H23BrN6O2/c1-27-10-7-20-16-15(19)12-21-17(24-16)22-13-5-4-6-14(11-13)23-18(26)25-8-2-3-9-25/h4-6,11-12H,2-3,7-10H2,1H3,(H,23,26)(H2,20,21,22,24). The number of ether oxygens (including phenoxy) is 1. The van der Waals surface area contributed by atoms with E-state index in [2.05, 4.69) is 41.8 Å². The molecule has 1 saturated heterocycles. The second kappa shape index (κ2) is 9.52. The van der Waals surface area contributed by atoms with E-state index in [-0.39, 0.29) is 6.03 Å². The molecule has 1 aromatic carbocycles. The van der Waals surface area contributed by atoms with Crippen molar-refractivity contribution in [3.8, 4) is 0 Å². The third-order valence-electron chi connectivity index (χ3n) is 4.11. The van der Waals surface area contributed by atoms with E-state index in [1.54, 1.807) is 13.3 Å². The molecule has 1 aromatic heterocycles. The molecular weight excluding hydrogens is 412 g/mol. The smallest absolute Gasteiger partial charge is 0.321 e. The molecule has 3 N–H and O–H groups in total. The van der Waals surface area contributed by atoms with Gasteiger partial charge in [-0.15, -0.1) is 0 Å². The third kappa shape index (κ3) is 5.54. The molecular formula is C18H23BrN6O2. The summed E-state index contributed by atoms with van der Waals surface area (Å²) >= 11 is 3.43. The molecule has 0 spiro atoms. The quantitative estimate of drug-likeness (QED) is 0.575. The number of nitrogens with zero attached hydrogens (tertiary/aromatic N) is 3. The van der Waals surface area contributed by atoms with E-state index >= 15 is 0 Å². The second-order valence-corrected chi connectivity index (χ2v) is 6.99. The fourth-order valence-electron chi connectivity index (χ4n) is 2.75. The van der Waals surface area contributed by atoms with Gasteiger partial charge in [0.05, 0.1) is 11.1 Å². The molecule has 2 amide bonds. The van der Waals surface area contributed by atoms with Crippen LogP contribution >= 0.6 is 15.9 Å². The van der Waals surface area contributed by atoms with E-state index in [1.165, 1.54) is 0 Å². The maximum atomic E-state index is 12.2. The molecule has 1 aliphatic rings. The number of amides is 2. The minimum atomic E-state index is -0.0610. The van der Waals surface area contributed by atoms with Crippen LogP contribution in [0.15, 0.2) is 34.9 Å². The Morgan fingerprint density at radius 3 is 2.85 bits per heavy atom. The van der Waals surface area contributed by atoms with Crippen molar-refractivity contribution in [2.45, 2.75) is 12.8 Å². The Morgan fingerprint density at radius 2 is 2.07 bits per heavy atom. The van der Waals surface area contributed by atoms with Gasteiger partial charge in [0, 0.05) is 44.3 Å². The van der Waals surface area contributed by atoms with Gasteiger partial charge in [0.1, 0.15) is 5.82 Å². The van der Waals surface area contributed by atoms with Crippen LogP contribution in [0.2, 0.25) is 0 Å². The van der Waals surface area contributed by atoms with Crippen LogP contribution in [0.5, 0.6) is 0 Å². The number of aromatic nitrogens is 2. The molecule has 0 unspecified atom stereocenters. The van der Waals surface area contributed by atoms with Crippen LogP contribution in [0.25, 0.3) is 0 Å². The topological polar surface area (TPSA) is 91.4 Å². The highest BCUT2D eigenvalue weighted by Gasteiger charge is 2.17. The lowest BCUT2D eigenvalue weighted by molar-refractivity contribution is 0.210. The van der Waals surface area contributed by atoms with E-state index in [9.17, 15) is 4.79 Å². The van der Waals surface area contributed by atoms with E-state index in [0.29, 0.717) is 24.9 Å². The summed E-state index contributed by atoms with van der Waals surface area (Å²) in [6.07, 6.45) is 3.82. The zero-order valence-corrected chi connectivity index (χ0v) is 16.8. The van der Waals surface area contributed by atoms with Gasteiger partial charge in [-0.3, -0.25) is 0 Å². The Kier molecular flexibility index (Phi) is 6.83. The second-order valence-electron chi connectivity index (χ2n) is 6.14. The first-order valence-corrected chi connectivity index (χ1v) is 9.63. The number of hydrogen-bond acceptors (Lipinski definition) is 6. The summed E-state index contributed by atoms with van der Waals surface area (Å²) < 4.78 is 5.81. The van der Waals surface area contributed by atoms with E-state index in [0.717, 1.165) is 41.8 Å². The van der Waals surface area contributed by atoms with Crippen LogP contribution in [0.4, 0.5) is 27.9 Å². The van der Waals surface area contributed by atoms with Gasteiger partial charge >= 0.3 is 6.03 Å². The van der Waals surface area contributed by atoms with Crippen molar-refractivity contribution in [3.63, 3.8) is 0 Å². The number of rotatable bonds is 7. The molecule has 1 aliphatic heterocycles. The number of anilines is 4. The number of hydrogen-bond donors (Lipinski definition) is 3. The molecule has 2 aromatic rings. The van der Waals surface area contributed by atoms with E-state index < -0.39 is 0 Å². The molecule has 9 heteroatoms. The van der Waals surface area contributed by atoms with Crippen molar-refractivity contribution in [2.24, 2.45) is 0 Å². The van der Waals surface area contributed by atoms with Crippen LogP contribution in [-0.2, 0) is 4.74 Å². The van der Waals surface area contributed by atoms with Gasteiger partial charge in [0.2, 0.25) is 5.95 Å². The van der Waals surface area contributed by atoms with Crippen LogP contribution in [-0.4, -0.2) is 54.2 Å². The number of nitrogens with one attached hydrogen (secondary N) is 3. The van der Waals surface area contributed by atoms with Crippen LogP contribution in [0.1, 0.15) is 12.8 Å². The molecule has 0 atom stereocenters. The third-order valence-corrected chi connectivity index (χ3v) is 4.69. The van der Waals surface area contributed by atoms with E-state index in [1.807, 2.05) is 29.2 Å². The van der Waals surface area contributed by atoms with Crippen LogP contribution < -0.4 is 16.0 Å². The Labute approximate surface area is 166 Å². The molecule has 0 saturated carbocycles. The number of methoxy groups -OCH3 is 1. The highest BCUT2D eigenvalue weighted by molar-refractivity contribution is 9.10. The minimum Gasteiger partial charge on any atom is -0.383 e. The first kappa shape index (κ1) is 19.4. The number of carbonyl (C=O) groups is 1. The Bertz CT molecular complexity index is 782. The predicted molar refractivity (Wildman–Crippen MR) is 110 cm³/mol. The average Bonchev–Trinajstić information content (AvgIpc) is 3.20. The largest absolute Gasteiger partial charge is 0.383 e. The Morgan fingerprint density at radius 1 is 1.30 bits per heavy atom. The fraction of sp³-hybridized carbons (Fsp3) is 0.389. The van der Waals surface area contributed by atoms with Gasteiger partial charge in [-0.05, 0) is 47.0 Å². The predicted octanol–water partition coefficient (Wildman–Crippen LogP) is 3.67. The number of carbonyl (C=O) groups excluding carboxylic acids is 1. The fourth-order valence-corrected chi connectivity index (χ4v) is 3.08. The molecule has 3 rings (SSSR count). The number of urea groups is 1.